The van der Waals surface area contributed by atoms with Crippen LogP contribution in [-0.4, -0.2) is 22.5 Å². The highest BCUT2D eigenvalue weighted by Gasteiger charge is 2.14. The molecule has 114 valence electrons. The van der Waals surface area contributed by atoms with Crippen LogP contribution in [0.1, 0.15) is 38.4 Å². The molecular weight excluding hydrogens is 300 g/mol. The summed E-state index contributed by atoms with van der Waals surface area (Å²) < 4.78 is 0. The Hall–Kier alpha value is -0.900. The molecule has 2 rings (SSSR count). The van der Waals surface area contributed by atoms with Crippen LogP contribution < -0.4 is 0 Å². The fourth-order valence-electron chi connectivity index (χ4n) is 2.38. The number of alkyl halides is 1. The molecule has 0 bridgehead atoms. The highest BCUT2D eigenvalue weighted by atomic mass is 35.5. The molecule has 0 atom stereocenters. The Morgan fingerprint density at radius 1 is 1.29 bits per heavy atom. The number of nitrogens with zero attached hydrogens (tertiary/aromatic N) is 2. The second-order valence-electron chi connectivity index (χ2n) is 5.50. The van der Waals surface area contributed by atoms with Gasteiger partial charge in [0.1, 0.15) is 5.01 Å². The van der Waals surface area contributed by atoms with Gasteiger partial charge in [0.15, 0.2) is 0 Å². The molecule has 0 aliphatic heterocycles. The first-order chi connectivity index (χ1) is 10.2. The Labute approximate surface area is 136 Å². The zero-order valence-corrected chi connectivity index (χ0v) is 14.5. The lowest BCUT2D eigenvalue weighted by Gasteiger charge is -2.26. The number of hydrogen-bond acceptors (Lipinski definition) is 3. The molecule has 0 spiro atoms. The van der Waals surface area contributed by atoms with Crippen molar-refractivity contribution in [1.82, 2.24) is 9.88 Å². The molecule has 2 aromatic rings. The standard InChI is InChI=1S/C17H23ClN2S/c1-4-9-20(13(2)3)11-14-7-5-6-8-16(14)17-19-15(10-18)12-21-17/h5-8,12-13H,4,9-11H2,1-3H3. The summed E-state index contributed by atoms with van der Waals surface area (Å²) in [6.07, 6.45) is 1.17. The summed E-state index contributed by atoms with van der Waals surface area (Å²) in [5.74, 6) is 0.479. The molecule has 21 heavy (non-hydrogen) atoms. The second kappa shape index (κ2) is 7.92. The highest BCUT2D eigenvalue weighted by molar-refractivity contribution is 7.13. The van der Waals surface area contributed by atoms with E-state index in [1.807, 2.05) is 5.38 Å². The van der Waals surface area contributed by atoms with Crippen LogP contribution in [0.25, 0.3) is 10.6 Å². The maximum atomic E-state index is 5.87. The van der Waals surface area contributed by atoms with E-state index in [-0.39, 0.29) is 0 Å². The summed E-state index contributed by atoms with van der Waals surface area (Å²) in [7, 11) is 0. The molecule has 0 saturated carbocycles. The molecule has 0 unspecified atom stereocenters. The zero-order valence-electron chi connectivity index (χ0n) is 13.0. The van der Waals surface area contributed by atoms with E-state index >= 15 is 0 Å². The first kappa shape index (κ1) is 16.5. The molecule has 0 aliphatic rings. The highest BCUT2D eigenvalue weighted by Crippen LogP contribution is 2.28. The summed E-state index contributed by atoms with van der Waals surface area (Å²) in [6, 6.07) is 9.12. The van der Waals surface area contributed by atoms with Crippen LogP contribution in [0.15, 0.2) is 29.6 Å². The molecule has 1 aromatic carbocycles. The molecule has 2 nitrogen and oxygen atoms in total. The van der Waals surface area contributed by atoms with Crippen molar-refractivity contribution < 1.29 is 0 Å². The van der Waals surface area contributed by atoms with E-state index in [0.29, 0.717) is 11.9 Å². The van der Waals surface area contributed by atoms with Gasteiger partial charge in [0.05, 0.1) is 11.6 Å². The van der Waals surface area contributed by atoms with Crippen molar-refractivity contribution in [3.05, 3.63) is 40.9 Å². The number of rotatable bonds is 7. The number of aromatic nitrogens is 1. The Bertz CT molecular complexity index is 565. The number of halogens is 1. The normalized spacial score (nSPS) is 11.5. The van der Waals surface area contributed by atoms with Crippen LogP contribution in [0.5, 0.6) is 0 Å². The predicted molar refractivity (Wildman–Crippen MR) is 92.9 cm³/mol. The van der Waals surface area contributed by atoms with Gasteiger partial charge in [0.2, 0.25) is 0 Å². The fraction of sp³-hybridized carbons (Fsp3) is 0.471. The lowest BCUT2D eigenvalue weighted by molar-refractivity contribution is 0.213. The largest absolute Gasteiger partial charge is 0.297 e. The summed E-state index contributed by atoms with van der Waals surface area (Å²) in [5, 5.41) is 3.12. The Kier molecular flexibility index (Phi) is 6.22. The van der Waals surface area contributed by atoms with Crippen molar-refractivity contribution in [1.29, 1.82) is 0 Å². The summed E-state index contributed by atoms with van der Waals surface area (Å²) in [5.41, 5.74) is 3.54. The van der Waals surface area contributed by atoms with Gasteiger partial charge >= 0.3 is 0 Å². The summed E-state index contributed by atoms with van der Waals surface area (Å²) in [6.45, 7) is 8.84. The Balaban J connectivity index is 2.27. The third kappa shape index (κ3) is 4.29. The van der Waals surface area contributed by atoms with Crippen molar-refractivity contribution in [3.63, 3.8) is 0 Å². The average molecular weight is 323 g/mol. The first-order valence-electron chi connectivity index (χ1n) is 7.48. The van der Waals surface area contributed by atoms with E-state index in [1.165, 1.54) is 17.5 Å². The molecule has 0 fully saturated rings. The average Bonchev–Trinajstić information content (AvgIpc) is 2.96. The minimum Gasteiger partial charge on any atom is -0.297 e. The van der Waals surface area contributed by atoms with Gasteiger partial charge in [-0.15, -0.1) is 22.9 Å². The molecule has 0 saturated heterocycles. The van der Waals surface area contributed by atoms with E-state index in [4.69, 9.17) is 11.6 Å². The van der Waals surface area contributed by atoms with Gasteiger partial charge in [-0.2, -0.15) is 0 Å². The first-order valence-corrected chi connectivity index (χ1v) is 8.89. The molecule has 4 heteroatoms. The smallest absolute Gasteiger partial charge is 0.123 e. The summed E-state index contributed by atoms with van der Waals surface area (Å²) in [4.78, 5) is 7.13. The topological polar surface area (TPSA) is 16.1 Å². The molecule has 1 heterocycles. The third-order valence-electron chi connectivity index (χ3n) is 3.55. The quantitative estimate of drug-likeness (QED) is 0.654. The minimum absolute atomic E-state index is 0.479. The maximum Gasteiger partial charge on any atom is 0.123 e. The Morgan fingerprint density at radius 3 is 2.67 bits per heavy atom. The number of hydrogen-bond donors (Lipinski definition) is 0. The monoisotopic (exact) mass is 322 g/mol. The summed E-state index contributed by atoms with van der Waals surface area (Å²) >= 11 is 7.55. The van der Waals surface area contributed by atoms with Gasteiger partial charge in [0, 0.05) is 23.5 Å². The molecule has 1 aromatic heterocycles. The van der Waals surface area contributed by atoms with Crippen molar-refractivity contribution in [2.24, 2.45) is 0 Å². The van der Waals surface area contributed by atoms with Gasteiger partial charge in [0.25, 0.3) is 0 Å². The second-order valence-corrected chi connectivity index (χ2v) is 6.62. The number of thiazole rings is 1. The van der Waals surface area contributed by atoms with E-state index in [2.05, 4.69) is 54.9 Å². The van der Waals surface area contributed by atoms with E-state index in [0.717, 1.165) is 23.8 Å². The molecular formula is C17H23ClN2S. The van der Waals surface area contributed by atoms with E-state index in [1.54, 1.807) is 11.3 Å². The third-order valence-corrected chi connectivity index (χ3v) is 4.75. The molecule has 0 N–H and O–H groups in total. The van der Waals surface area contributed by atoms with Gasteiger partial charge in [-0.25, -0.2) is 4.98 Å². The molecule has 0 radical (unpaired) electrons. The van der Waals surface area contributed by atoms with Gasteiger partial charge in [-0.3, -0.25) is 4.90 Å². The van der Waals surface area contributed by atoms with Crippen LogP contribution >= 0.6 is 22.9 Å². The van der Waals surface area contributed by atoms with E-state index < -0.39 is 0 Å². The zero-order chi connectivity index (χ0) is 15.2. The van der Waals surface area contributed by atoms with Crippen molar-refractivity contribution in [3.8, 4) is 10.6 Å². The SMILES string of the molecule is CCCN(Cc1ccccc1-c1nc(CCl)cs1)C(C)C. The van der Waals surface area contributed by atoms with Crippen molar-refractivity contribution in [2.75, 3.05) is 6.54 Å². The lowest BCUT2D eigenvalue weighted by Crippen LogP contribution is -2.31. The van der Waals surface area contributed by atoms with Crippen molar-refractivity contribution >= 4 is 22.9 Å². The van der Waals surface area contributed by atoms with Crippen LogP contribution in [0.4, 0.5) is 0 Å². The van der Waals surface area contributed by atoms with Crippen LogP contribution in [0.3, 0.4) is 0 Å². The van der Waals surface area contributed by atoms with Crippen LogP contribution in [-0.2, 0) is 12.4 Å². The van der Waals surface area contributed by atoms with E-state index in [9.17, 15) is 0 Å². The number of benzene rings is 1. The Morgan fingerprint density at radius 2 is 2.05 bits per heavy atom. The fourth-order valence-corrected chi connectivity index (χ4v) is 3.49. The van der Waals surface area contributed by atoms with Crippen LogP contribution in [0, 0.1) is 0 Å². The van der Waals surface area contributed by atoms with Crippen molar-refractivity contribution in [2.45, 2.75) is 45.7 Å². The van der Waals surface area contributed by atoms with Gasteiger partial charge < -0.3 is 0 Å². The minimum atomic E-state index is 0.479. The maximum absolute atomic E-state index is 5.87. The van der Waals surface area contributed by atoms with Gasteiger partial charge in [-0.05, 0) is 32.4 Å². The predicted octanol–water partition coefficient (Wildman–Crippen LogP) is 5.17. The van der Waals surface area contributed by atoms with Crippen LogP contribution in [0.2, 0.25) is 0 Å². The van der Waals surface area contributed by atoms with Gasteiger partial charge in [-0.1, -0.05) is 31.2 Å². The molecule has 0 aliphatic carbocycles. The lowest BCUT2D eigenvalue weighted by atomic mass is 10.1. The molecule has 0 amide bonds.